The zero-order valence-electron chi connectivity index (χ0n) is 7.53. The van der Waals surface area contributed by atoms with Crippen molar-refractivity contribution in [2.24, 2.45) is 0 Å². The first-order valence-electron chi connectivity index (χ1n) is 3.97. The summed E-state index contributed by atoms with van der Waals surface area (Å²) in [6.45, 7) is -0.0497. The standard InChI is InChI=1S/C6H13Cl2NO4S/c7-1-3-9(10,4-2-8)5-6-14(11,12)13/h1-6H2,(H,11,12,13). The SMILES string of the molecule is O=S(=O)(O)CC[N+]([O-])(CCCl)CCCl. The van der Waals surface area contributed by atoms with Gasteiger partial charge in [-0.15, -0.1) is 23.2 Å². The normalized spacial score (nSPS) is 13.1. The van der Waals surface area contributed by atoms with Gasteiger partial charge in [-0.25, -0.2) is 0 Å². The summed E-state index contributed by atoms with van der Waals surface area (Å²) in [7, 11) is -4.10. The summed E-state index contributed by atoms with van der Waals surface area (Å²) < 4.78 is 28.5. The Balaban J connectivity index is 4.22. The molecule has 0 spiro atoms. The van der Waals surface area contributed by atoms with Gasteiger partial charge in [0.2, 0.25) is 0 Å². The van der Waals surface area contributed by atoms with Gasteiger partial charge in [0, 0.05) is 0 Å². The second-order valence-corrected chi connectivity index (χ2v) is 5.22. The fraction of sp³-hybridized carbons (Fsp3) is 1.00. The number of quaternary nitrogens is 1. The lowest BCUT2D eigenvalue weighted by molar-refractivity contribution is -0.873. The van der Waals surface area contributed by atoms with E-state index in [1.807, 2.05) is 0 Å². The molecule has 0 saturated heterocycles. The van der Waals surface area contributed by atoms with Crippen molar-refractivity contribution in [3.63, 3.8) is 0 Å². The van der Waals surface area contributed by atoms with Crippen molar-refractivity contribution in [1.29, 1.82) is 0 Å². The largest absolute Gasteiger partial charge is 0.633 e. The second-order valence-electron chi connectivity index (χ2n) is 2.89. The van der Waals surface area contributed by atoms with Crippen LogP contribution in [0, 0.1) is 5.21 Å². The first-order valence-corrected chi connectivity index (χ1v) is 6.65. The number of alkyl halides is 2. The van der Waals surface area contributed by atoms with Gasteiger partial charge in [0.05, 0.1) is 31.4 Å². The minimum atomic E-state index is -4.10. The maximum Gasteiger partial charge on any atom is 0.270 e. The highest BCUT2D eigenvalue weighted by molar-refractivity contribution is 7.85. The van der Waals surface area contributed by atoms with Crippen LogP contribution in [0.5, 0.6) is 0 Å². The Morgan fingerprint density at radius 1 is 1.14 bits per heavy atom. The molecule has 0 bridgehead atoms. The fourth-order valence-corrected chi connectivity index (χ4v) is 2.10. The molecule has 0 aliphatic heterocycles. The highest BCUT2D eigenvalue weighted by atomic mass is 35.5. The van der Waals surface area contributed by atoms with Crippen molar-refractivity contribution < 1.29 is 17.6 Å². The molecular weight excluding hydrogens is 253 g/mol. The monoisotopic (exact) mass is 265 g/mol. The predicted molar refractivity (Wildman–Crippen MR) is 56.1 cm³/mol. The third-order valence-electron chi connectivity index (χ3n) is 1.74. The molecule has 0 amide bonds. The van der Waals surface area contributed by atoms with Gasteiger partial charge in [0.1, 0.15) is 5.75 Å². The first kappa shape index (κ1) is 14.4. The molecule has 8 heteroatoms. The molecule has 0 radical (unpaired) electrons. The molecule has 0 fully saturated rings. The molecule has 0 aromatic rings. The Morgan fingerprint density at radius 3 is 1.86 bits per heavy atom. The highest BCUT2D eigenvalue weighted by Gasteiger charge is 2.19. The van der Waals surface area contributed by atoms with Crippen molar-refractivity contribution >= 4 is 33.3 Å². The van der Waals surface area contributed by atoms with Crippen molar-refractivity contribution in [3.05, 3.63) is 5.21 Å². The van der Waals surface area contributed by atoms with Gasteiger partial charge in [-0.2, -0.15) is 8.42 Å². The average molecular weight is 266 g/mol. The van der Waals surface area contributed by atoms with E-state index in [1.165, 1.54) is 0 Å². The summed E-state index contributed by atoms with van der Waals surface area (Å²) in [6, 6.07) is 0. The van der Waals surface area contributed by atoms with Crippen LogP contribution in [0.2, 0.25) is 0 Å². The van der Waals surface area contributed by atoms with Crippen molar-refractivity contribution in [2.75, 3.05) is 37.1 Å². The van der Waals surface area contributed by atoms with Crippen molar-refractivity contribution in [1.82, 2.24) is 0 Å². The number of hydrogen-bond donors (Lipinski definition) is 1. The summed E-state index contributed by atoms with van der Waals surface area (Å²) in [5, 5.41) is 11.7. The Bertz CT molecular complexity index is 251. The van der Waals surface area contributed by atoms with Gasteiger partial charge in [-0.1, -0.05) is 0 Å². The average Bonchev–Trinajstić information content (AvgIpc) is 2.01. The molecule has 0 unspecified atom stereocenters. The van der Waals surface area contributed by atoms with Crippen LogP contribution in [0.3, 0.4) is 0 Å². The van der Waals surface area contributed by atoms with E-state index in [1.54, 1.807) is 0 Å². The zero-order valence-corrected chi connectivity index (χ0v) is 9.85. The molecule has 0 atom stereocenters. The van der Waals surface area contributed by atoms with Crippen LogP contribution in [-0.4, -0.2) is 54.8 Å². The molecule has 14 heavy (non-hydrogen) atoms. The van der Waals surface area contributed by atoms with E-state index in [-0.39, 0.29) is 31.4 Å². The Kier molecular flexibility index (Phi) is 6.27. The zero-order chi connectivity index (χ0) is 11.2. The number of nitrogens with zero attached hydrogens (tertiary/aromatic N) is 1. The third kappa shape index (κ3) is 6.80. The minimum absolute atomic E-state index is 0.0871. The molecule has 5 nitrogen and oxygen atoms in total. The van der Waals surface area contributed by atoms with Crippen molar-refractivity contribution in [2.45, 2.75) is 0 Å². The van der Waals surface area contributed by atoms with E-state index in [4.69, 9.17) is 27.8 Å². The van der Waals surface area contributed by atoms with E-state index < -0.39 is 20.5 Å². The molecule has 0 saturated carbocycles. The number of halogens is 2. The van der Waals surface area contributed by atoms with Gasteiger partial charge in [-0.05, 0) is 0 Å². The Labute approximate surface area is 93.5 Å². The predicted octanol–water partition coefficient (Wildman–Crippen LogP) is 0.666. The van der Waals surface area contributed by atoms with Crippen LogP contribution in [0.15, 0.2) is 0 Å². The number of rotatable bonds is 7. The van der Waals surface area contributed by atoms with E-state index in [0.29, 0.717) is 0 Å². The minimum Gasteiger partial charge on any atom is -0.633 e. The van der Waals surface area contributed by atoms with Crippen LogP contribution >= 0.6 is 23.2 Å². The first-order chi connectivity index (χ1) is 6.33. The van der Waals surface area contributed by atoms with Gasteiger partial charge >= 0.3 is 0 Å². The Hall–Kier alpha value is 0.410. The summed E-state index contributed by atoms with van der Waals surface area (Å²) >= 11 is 10.8. The summed E-state index contributed by atoms with van der Waals surface area (Å²) in [6.07, 6.45) is 0. The fourth-order valence-electron chi connectivity index (χ4n) is 0.925. The van der Waals surface area contributed by atoms with Crippen LogP contribution < -0.4 is 0 Å². The van der Waals surface area contributed by atoms with E-state index >= 15 is 0 Å². The second kappa shape index (κ2) is 6.09. The van der Waals surface area contributed by atoms with Gasteiger partial charge in [0.25, 0.3) is 10.1 Å². The molecule has 0 rings (SSSR count). The topological polar surface area (TPSA) is 77.4 Å². The molecule has 86 valence electrons. The quantitative estimate of drug-likeness (QED) is 0.318. The number of hydrogen-bond acceptors (Lipinski definition) is 3. The van der Waals surface area contributed by atoms with E-state index in [9.17, 15) is 13.6 Å². The number of hydroxylamine groups is 3. The van der Waals surface area contributed by atoms with Crippen LogP contribution in [0.4, 0.5) is 0 Å². The molecule has 1 N–H and O–H groups in total. The molecule has 0 aliphatic rings. The molecule has 0 aromatic carbocycles. The smallest absolute Gasteiger partial charge is 0.270 e. The molecule has 0 aromatic heterocycles. The lowest BCUT2D eigenvalue weighted by Gasteiger charge is -2.41. The lowest BCUT2D eigenvalue weighted by atomic mass is 10.5. The molecule has 0 heterocycles. The highest BCUT2D eigenvalue weighted by Crippen LogP contribution is 2.06. The summed E-state index contributed by atoms with van der Waals surface area (Å²) in [5.74, 6) is -0.304. The van der Waals surface area contributed by atoms with Crippen LogP contribution in [0.25, 0.3) is 0 Å². The molecule has 0 aliphatic carbocycles. The van der Waals surface area contributed by atoms with E-state index in [2.05, 4.69) is 0 Å². The maximum atomic E-state index is 11.7. The van der Waals surface area contributed by atoms with Crippen molar-refractivity contribution in [3.8, 4) is 0 Å². The summed E-state index contributed by atoms with van der Waals surface area (Å²) in [5.41, 5.74) is 0. The van der Waals surface area contributed by atoms with Gasteiger partial charge in [-0.3, -0.25) is 4.55 Å². The Morgan fingerprint density at radius 2 is 1.57 bits per heavy atom. The third-order valence-corrected chi connectivity index (χ3v) is 2.78. The van der Waals surface area contributed by atoms with Gasteiger partial charge < -0.3 is 9.85 Å². The van der Waals surface area contributed by atoms with Crippen LogP contribution in [0.1, 0.15) is 0 Å². The van der Waals surface area contributed by atoms with Crippen LogP contribution in [-0.2, 0) is 10.1 Å². The summed E-state index contributed by atoms with van der Waals surface area (Å²) in [4.78, 5) is 0. The van der Waals surface area contributed by atoms with E-state index in [0.717, 1.165) is 0 Å². The molecular formula is C6H13Cl2NO4S. The maximum absolute atomic E-state index is 11.7. The van der Waals surface area contributed by atoms with Gasteiger partial charge in [0.15, 0.2) is 0 Å². The lowest BCUT2D eigenvalue weighted by Crippen LogP contribution is -2.47.